The highest BCUT2D eigenvalue weighted by Gasteiger charge is 2.21. The fraction of sp³-hybridized carbons (Fsp3) is 0.231. The number of hydrogen-bond acceptors (Lipinski definition) is 4. The molecule has 0 bridgehead atoms. The van der Waals surface area contributed by atoms with Gasteiger partial charge in [-0.25, -0.2) is 0 Å². The molecule has 166 valence electrons. The van der Waals surface area contributed by atoms with Gasteiger partial charge in [0, 0.05) is 48.0 Å². The van der Waals surface area contributed by atoms with Crippen LogP contribution in [-0.4, -0.2) is 37.5 Å². The second-order valence-corrected chi connectivity index (χ2v) is 8.05. The fourth-order valence-electron chi connectivity index (χ4n) is 3.63. The van der Waals surface area contributed by atoms with E-state index in [1.807, 2.05) is 50.2 Å². The van der Waals surface area contributed by atoms with Crippen LogP contribution in [0.5, 0.6) is 5.75 Å². The lowest BCUT2D eigenvalue weighted by atomic mass is 9.96. The van der Waals surface area contributed by atoms with Crippen LogP contribution in [0.2, 0.25) is 5.02 Å². The van der Waals surface area contributed by atoms with E-state index < -0.39 is 0 Å². The second kappa shape index (κ2) is 10.4. The second-order valence-electron chi connectivity index (χ2n) is 7.64. The zero-order chi connectivity index (χ0) is 23.3. The van der Waals surface area contributed by atoms with E-state index in [1.54, 1.807) is 30.1 Å². The number of anilines is 1. The summed E-state index contributed by atoms with van der Waals surface area (Å²) in [5.74, 6) is 0.390. The maximum Gasteiger partial charge on any atom is 0.258 e. The summed E-state index contributed by atoms with van der Waals surface area (Å²) in [7, 11) is 1.72. The highest BCUT2D eigenvalue weighted by molar-refractivity contribution is 6.33. The molecule has 0 saturated carbocycles. The van der Waals surface area contributed by atoms with Gasteiger partial charge in [-0.1, -0.05) is 41.4 Å². The minimum atomic E-state index is -0.201. The van der Waals surface area contributed by atoms with Crippen LogP contribution in [0.4, 0.5) is 5.69 Å². The van der Waals surface area contributed by atoms with Crippen molar-refractivity contribution in [2.75, 3.05) is 25.2 Å². The number of para-hydroxylation sites is 1. The normalized spacial score (nSPS) is 10.7. The molecule has 0 aromatic heterocycles. The quantitative estimate of drug-likeness (QED) is 0.343. The van der Waals surface area contributed by atoms with Crippen molar-refractivity contribution in [3.63, 3.8) is 0 Å². The number of ether oxygens (including phenoxy) is 1. The minimum Gasteiger partial charge on any atom is -0.491 e. The third-order valence-corrected chi connectivity index (χ3v) is 5.60. The molecule has 1 amide bonds. The lowest BCUT2D eigenvalue weighted by molar-refractivity contribution is 0.0992. The average molecular weight is 451 g/mol. The molecule has 0 radical (unpaired) electrons. The monoisotopic (exact) mass is 450 g/mol. The Bertz CT molecular complexity index is 1140. The van der Waals surface area contributed by atoms with Crippen LogP contribution in [0.15, 0.2) is 54.6 Å². The molecule has 0 heterocycles. The van der Waals surface area contributed by atoms with Crippen molar-refractivity contribution in [1.29, 1.82) is 5.41 Å². The van der Waals surface area contributed by atoms with Crippen LogP contribution < -0.4 is 9.64 Å². The van der Waals surface area contributed by atoms with Gasteiger partial charge in [-0.2, -0.15) is 0 Å². The highest BCUT2D eigenvalue weighted by Crippen LogP contribution is 2.35. The molecule has 0 fully saturated rings. The van der Waals surface area contributed by atoms with E-state index in [-0.39, 0.29) is 12.5 Å². The van der Waals surface area contributed by atoms with Gasteiger partial charge in [-0.3, -0.25) is 4.79 Å². The molecule has 0 atom stereocenters. The molecule has 3 aromatic rings. The molecule has 32 heavy (non-hydrogen) atoms. The van der Waals surface area contributed by atoms with Gasteiger partial charge < -0.3 is 20.2 Å². The van der Waals surface area contributed by atoms with Crippen LogP contribution in [0.1, 0.15) is 33.5 Å². The van der Waals surface area contributed by atoms with Crippen molar-refractivity contribution >= 4 is 29.4 Å². The van der Waals surface area contributed by atoms with Gasteiger partial charge in [-0.15, -0.1) is 0 Å². The van der Waals surface area contributed by atoms with E-state index in [9.17, 15) is 4.79 Å². The van der Waals surface area contributed by atoms with Gasteiger partial charge in [0.2, 0.25) is 0 Å². The van der Waals surface area contributed by atoms with Gasteiger partial charge in [0.25, 0.3) is 5.91 Å². The number of halogens is 1. The zero-order valence-electron chi connectivity index (χ0n) is 18.5. The number of amides is 1. The lowest BCUT2D eigenvalue weighted by Gasteiger charge is -2.23. The number of aliphatic hydroxyl groups is 1. The fourth-order valence-corrected chi connectivity index (χ4v) is 3.85. The van der Waals surface area contributed by atoms with E-state index in [2.05, 4.69) is 0 Å². The number of carbonyl (C=O) groups is 1. The van der Waals surface area contributed by atoms with Crippen molar-refractivity contribution in [1.82, 2.24) is 0 Å². The lowest BCUT2D eigenvalue weighted by Crippen LogP contribution is -2.27. The zero-order valence-corrected chi connectivity index (χ0v) is 19.2. The van der Waals surface area contributed by atoms with Crippen molar-refractivity contribution in [3.05, 3.63) is 81.9 Å². The molecule has 0 saturated heterocycles. The van der Waals surface area contributed by atoms with Gasteiger partial charge >= 0.3 is 0 Å². The van der Waals surface area contributed by atoms with Crippen LogP contribution in [0.25, 0.3) is 11.1 Å². The molecule has 2 N–H and O–H groups in total. The number of carbonyl (C=O) groups excluding carboxylic acids is 1. The van der Waals surface area contributed by atoms with Gasteiger partial charge in [0.05, 0.1) is 12.3 Å². The van der Waals surface area contributed by atoms with E-state index >= 15 is 0 Å². The Morgan fingerprint density at radius 2 is 1.91 bits per heavy atom. The summed E-state index contributed by atoms with van der Waals surface area (Å²) in [6, 6.07) is 16.6. The molecule has 3 aromatic carbocycles. The summed E-state index contributed by atoms with van der Waals surface area (Å²) < 4.78 is 5.82. The SMILES string of the molecule is Cc1ccc(-c2cc(C(=O)N(C)c3c(C)cccc3OCCCO)ccc2Cl)c(C=N)c1. The maximum absolute atomic E-state index is 13.4. The van der Waals surface area contributed by atoms with Crippen LogP contribution in [-0.2, 0) is 0 Å². The molecule has 0 aliphatic heterocycles. The summed E-state index contributed by atoms with van der Waals surface area (Å²) in [5.41, 5.74) is 5.36. The molecular weight excluding hydrogens is 424 g/mol. The third-order valence-electron chi connectivity index (χ3n) is 5.27. The average Bonchev–Trinajstić information content (AvgIpc) is 2.79. The van der Waals surface area contributed by atoms with Gasteiger partial charge in [-0.05, 0) is 55.3 Å². The molecule has 6 heteroatoms. The minimum absolute atomic E-state index is 0.0419. The Balaban J connectivity index is 1.99. The summed E-state index contributed by atoms with van der Waals surface area (Å²) in [6.07, 6.45) is 1.81. The Morgan fingerprint density at radius 1 is 1.12 bits per heavy atom. The van der Waals surface area contributed by atoms with Gasteiger partial charge in [0.15, 0.2) is 0 Å². The predicted octanol–water partition coefficient (Wildman–Crippen LogP) is 5.66. The molecule has 0 unspecified atom stereocenters. The molecule has 0 spiro atoms. The summed E-state index contributed by atoms with van der Waals surface area (Å²) in [5, 5.41) is 17.3. The number of rotatable bonds is 8. The van der Waals surface area contributed by atoms with Crippen molar-refractivity contribution < 1.29 is 14.6 Å². The first-order valence-corrected chi connectivity index (χ1v) is 10.8. The van der Waals surface area contributed by atoms with Gasteiger partial charge in [0.1, 0.15) is 5.75 Å². The standard InChI is InChI=1S/C26H27ClN2O3/c1-17-8-10-21(20(14-17)16-28)22-15-19(9-11-23(22)27)26(31)29(3)25-18(2)6-4-7-24(25)32-13-5-12-30/h4,6-11,14-16,28,30H,5,12-13H2,1-3H3. The van der Waals surface area contributed by atoms with E-state index in [0.29, 0.717) is 40.6 Å². The number of aryl methyl sites for hydroxylation is 2. The first kappa shape index (κ1) is 23.5. The molecule has 0 aliphatic carbocycles. The summed E-state index contributed by atoms with van der Waals surface area (Å²) in [4.78, 5) is 15.0. The Labute approximate surface area is 193 Å². The Kier molecular flexibility index (Phi) is 7.67. The smallest absolute Gasteiger partial charge is 0.258 e. The van der Waals surface area contributed by atoms with Crippen molar-refractivity contribution in [2.45, 2.75) is 20.3 Å². The van der Waals surface area contributed by atoms with Crippen LogP contribution in [0.3, 0.4) is 0 Å². The molecule has 3 rings (SSSR count). The van der Waals surface area contributed by atoms with E-state index in [1.165, 1.54) is 6.21 Å². The van der Waals surface area contributed by atoms with Crippen molar-refractivity contribution in [2.24, 2.45) is 0 Å². The number of aliphatic hydroxyl groups excluding tert-OH is 1. The van der Waals surface area contributed by atoms with E-state index in [0.717, 1.165) is 22.3 Å². The summed E-state index contributed by atoms with van der Waals surface area (Å²) in [6.45, 7) is 4.30. The molecular formula is C26H27ClN2O3. The first-order chi connectivity index (χ1) is 15.4. The van der Waals surface area contributed by atoms with Crippen LogP contribution in [0, 0.1) is 19.3 Å². The number of nitrogens with zero attached hydrogens (tertiary/aromatic N) is 1. The Hall–Kier alpha value is -3.15. The molecule has 0 aliphatic rings. The van der Waals surface area contributed by atoms with Crippen molar-refractivity contribution in [3.8, 4) is 16.9 Å². The number of benzene rings is 3. The summed E-state index contributed by atoms with van der Waals surface area (Å²) >= 11 is 6.48. The van der Waals surface area contributed by atoms with Crippen LogP contribution >= 0.6 is 11.6 Å². The Morgan fingerprint density at radius 3 is 2.62 bits per heavy atom. The largest absolute Gasteiger partial charge is 0.491 e. The third kappa shape index (κ3) is 5.01. The topological polar surface area (TPSA) is 73.6 Å². The highest BCUT2D eigenvalue weighted by atomic mass is 35.5. The number of nitrogens with one attached hydrogen (secondary N) is 1. The van der Waals surface area contributed by atoms with E-state index in [4.69, 9.17) is 26.9 Å². The first-order valence-electron chi connectivity index (χ1n) is 10.4. The maximum atomic E-state index is 13.4. The number of hydrogen-bond donors (Lipinski definition) is 2. The predicted molar refractivity (Wildman–Crippen MR) is 131 cm³/mol. The molecule has 5 nitrogen and oxygen atoms in total.